The Morgan fingerprint density at radius 1 is 0.727 bits per heavy atom. The van der Waals surface area contributed by atoms with Gasteiger partial charge in [0.25, 0.3) is 20.0 Å². The van der Waals surface area contributed by atoms with E-state index in [9.17, 15) is 27.0 Å². The van der Waals surface area contributed by atoms with Crippen LogP contribution in [0.15, 0.2) is 102 Å². The van der Waals surface area contributed by atoms with E-state index in [1.165, 1.54) is 26.4 Å². The van der Waals surface area contributed by atoms with Gasteiger partial charge in [0.15, 0.2) is 34.0 Å². The van der Waals surface area contributed by atoms with Crippen molar-refractivity contribution in [2.24, 2.45) is 19.0 Å². The number of hydrogen-bond donors (Lipinski definition) is 3. The van der Waals surface area contributed by atoms with Crippen molar-refractivity contribution in [3.05, 3.63) is 106 Å². The number of fused-ring (bicyclic) bond motifs is 2. The van der Waals surface area contributed by atoms with Gasteiger partial charge in [0.2, 0.25) is 0 Å². The first kappa shape index (κ1) is 51.7. The predicted octanol–water partition coefficient (Wildman–Crippen LogP) is 4.59. The molecule has 3 N–H and O–H groups in total. The third-order valence-electron chi connectivity index (χ3n) is 10.4. The van der Waals surface area contributed by atoms with Gasteiger partial charge in [0.1, 0.15) is 4.90 Å². The molecule has 0 spiro atoms. The summed E-state index contributed by atoms with van der Waals surface area (Å²) >= 11 is 5.67. The maximum Gasteiger partial charge on any atom is 0.285 e. The normalized spacial score (nSPS) is 17.2. The molecule has 4 heterocycles. The van der Waals surface area contributed by atoms with Crippen molar-refractivity contribution in [1.29, 1.82) is 0 Å². The van der Waals surface area contributed by atoms with Crippen molar-refractivity contribution in [2.45, 2.75) is 23.6 Å². The average molecular weight is 990 g/mol. The number of ether oxygens (including phenoxy) is 4. The van der Waals surface area contributed by atoms with Gasteiger partial charge in [-0.2, -0.15) is 27.0 Å². The molecule has 4 aliphatic heterocycles. The molecule has 0 radical (unpaired) electrons. The van der Waals surface area contributed by atoms with Gasteiger partial charge in [-0.1, -0.05) is 34.9 Å². The Bertz CT molecular complexity index is 2660. The number of methoxy groups -OCH3 is 2. The molecule has 4 aliphatic rings. The molecule has 0 bridgehead atoms. The number of morpholine rings is 2. The first-order chi connectivity index (χ1) is 31.2. The van der Waals surface area contributed by atoms with Crippen LogP contribution in [0.4, 0.5) is 0 Å². The lowest BCUT2D eigenvalue weighted by atomic mass is 10.1. The highest BCUT2D eigenvalue weighted by molar-refractivity contribution is 7.91. The van der Waals surface area contributed by atoms with Gasteiger partial charge >= 0.3 is 0 Å². The number of aromatic hydroxyl groups is 2. The average Bonchev–Trinajstić information content (AvgIpc) is 3.70. The molecule has 66 heavy (non-hydrogen) atoms. The van der Waals surface area contributed by atoms with E-state index in [1.807, 2.05) is 19.9 Å². The number of rotatable bonds is 12. The number of sulfonamides is 2. The number of halogens is 2. The highest BCUT2D eigenvalue weighted by Gasteiger charge is 2.32. The van der Waals surface area contributed by atoms with Gasteiger partial charge in [-0.25, -0.2) is 5.01 Å². The van der Waals surface area contributed by atoms with Gasteiger partial charge in [-0.15, -0.1) is 21.2 Å². The van der Waals surface area contributed by atoms with Crippen molar-refractivity contribution >= 4 is 67.5 Å². The van der Waals surface area contributed by atoms with Crippen molar-refractivity contribution in [1.82, 2.24) is 20.2 Å². The number of amidine groups is 1. The lowest BCUT2D eigenvalue weighted by Crippen LogP contribution is -2.41. The van der Waals surface area contributed by atoms with Gasteiger partial charge in [0.05, 0.1) is 64.5 Å². The topological polar surface area (TPSA) is 217 Å². The summed E-state index contributed by atoms with van der Waals surface area (Å²) in [4.78, 5) is 4.98. The molecule has 4 aromatic carbocycles. The van der Waals surface area contributed by atoms with E-state index in [0.717, 1.165) is 69.2 Å². The Hall–Kier alpha value is -5.32. The first-order valence-electron chi connectivity index (χ1n) is 20.7. The smallest absolute Gasteiger partial charge is 0.285 e. The van der Waals surface area contributed by atoms with Crippen LogP contribution in [0.25, 0.3) is 0 Å². The second kappa shape index (κ2) is 23.9. The van der Waals surface area contributed by atoms with Gasteiger partial charge in [0, 0.05) is 56.9 Å². The standard InChI is InChI=1S/C22H26N4O5S.C14H21N3O3.C8H6ClNO2S.ClH/c1-16-3-6-21-18(13-16)22(24-32(21,28)29)26(8-7-25-9-11-31-12-10-25)23-15-17-4-5-19(27)20(14-17)30-2;1-19-14-10-12(2-3-13(14)18)11-16-15-4-5-17-6-8-20-9-7-17;1-5-2-3-7-6(4-5)8(9)10-13(7,11)12;/h3-6,13-15,27H,7-12H2,1-2H3;2-3,10-11,15,18H,4-9H2,1H3;2-4H,1H3;1H/b23-15+;16-11+;;. The number of hydrogen-bond acceptors (Lipinski definition) is 16. The number of nitrogens with one attached hydrogen (secondary N) is 1. The largest absolute Gasteiger partial charge is 0.504 e. The van der Waals surface area contributed by atoms with Crippen LogP contribution in [0, 0.1) is 13.8 Å². The Kier molecular flexibility index (Phi) is 18.7. The Morgan fingerprint density at radius 2 is 1.23 bits per heavy atom. The molecule has 2 saturated heterocycles. The predicted molar refractivity (Wildman–Crippen MR) is 257 cm³/mol. The molecule has 18 nitrogen and oxygen atoms in total. The Balaban J connectivity index is 0.000000204. The second-order valence-corrected chi connectivity index (χ2v) is 18.6. The maximum absolute atomic E-state index is 12.6. The summed E-state index contributed by atoms with van der Waals surface area (Å²) in [6.07, 6.45) is 3.31. The van der Waals surface area contributed by atoms with E-state index >= 15 is 0 Å². The van der Waals surface area contributed by atoms with Crippen LogP contribution >= 0.6 is 24.0 Å². The monoisotopic (exact) mass is 988 g/mol. The zero-order valence-corrected chi connectivity index (χ0v) is 40.2. The van der Waals surface area contributed by atoms with Crippen molar-refractivity contribution in [3.8, 4) is 23.0 Å². The summed E-state index contributed by atoms with van der Waals surface area (Å²) in [7, 11) is -4.29. The van der Waals surface area contributed by atoms with E-state index in [0.29, 0.717) is 60.3 Å². The highest BCUT2D eigenvalue weighted by atomic mass is 35.5. The summed E-state index contributed by atoms with van der Waals surface area (Å²) in [6, 6.07) is 20.1. The fraction of sp³-hybridized carbons (Fsp3) is 0.364. The van der Waals surface area contributed by atoms with E-state index in [2.05, 4.69) is 34.2 Å². The second-order valence-electron chi connectivity index (χ2n) is 15.1. The minimum Gasteiger partial charge on any atom is -0.504 e. The SMILES string of the molecule is COc1cc(/C=N/N(CCN2CCOCC2)C2=NS(=O)(=O)c3ccc(C)cc32)ccc1O.COc1cc(/C=N/NCCN2CCOCC2)ccc1O.Cc1ccc2c(c1)C(Cl)=NS2(=O)=O.Cl. The molecule has 0 aliphatic carbocycles. The number of nitrogens with zero attached hydrogens (tertiary/aromatic N) is 7. The molecule has 4 aromatic rings. The van der Waals surface area contributed by atoms with E-state index in [-0.39, 0.29) is 38.9 Å². The molecule has 0 unspecified atom stereocenters. The highest BCUT2D eigenvalue weighted by Crippen LogP contribution is 2.31. The van der Waals surface area contributed by atoms with E-state index in [4.69, 9.17) is 30.5 Å². The fourth-order valence-corrected chi connectivity index (χ4v) is 9.61. The van der Waals surface area contributed by atoms with Gasteiger partial charge in [-0.05, 0) is 85.6 Å². The van der Waals surface area contributed by atoms with Crippen LogP contribution in [0.2, 0.25) is 0 Å². The first-order valence-corrected chi connectivity index (χ1v) is 23.9. The molecule has 2 fully saturated rings. The van der Waals surface area contributed by atoms with Crippen LogP contribution < -0.4 is 14.9 Å². The molecular formula is C44H54Cl2N8O10S2. The number of aryl methyl sites for hydroxylation is 2. The minimum absolute atomic E-state index is 0. The summed E-state index contributed by atoms with van der Waals surface area (Å²) in [5, 5.41) is 29.7. The molecule has 0 amide bonds. The quantitative estimate of drug-likeness (QED) is 0.101. The van der Waals surface area contributed by atoms with Gasteiger partial charge < -0.3 is 34.6 Å². The van der Waals surface area contributed by atoms with E-state index < -0.39 is 20.0 Å². The number of phenols is 2. The molecule has 22 heteroatoms. The van der Waals surface area contributed by atoms with Crippen LogP contribution in [0.1, 0.15) is 33.4 Å². The molecular weight excluding hydrogens is 936 g/mol. The summed E-state index contributed by atoms with van der Waals surface area (Å²) < 4.78 is 76.2. The zero-order chi connectivity index (χ0) is 46.6. The summed E-state index contributed by atoms with van der Waals surface area (Å²) in [6.45, 7) is 13.2. The van der Waals surface area contributed by atoms with Crippen LogP contribution in [0.5, 0.6) is 23.0 Å². The van der Waals surface area contributed by atoms with Crippen molar-refractivity contribution < 1.29 is 46.0 Å². The Morgan fingerprint density at radius 3 is 1.79 bits per heavy atom. The minimum atomic E-state index is -3.77. The fourth-order valence-electron chi connectivity index (χ4n) is 6.86. The van der Waals surface area contributed by atoms with Crippen LogP contribution in [0.3, 0.4) is 0 Å². The molecule has 8 rings (SSSR count). The van der Waals surface area contributed by atoms with Crippen LogP contribution in [-0.2, 0) is 29.5 Å². The molecule has 0 saturated carbocycles. The number of hydrazone groups is 2. The third-order valence-corrected chi connectivity index (χ3v) is 13.4. The lowest BCUT2D eigenvalue weighted by molar-refractivity contribution is 0.0360. The van der Waals surface area contributed by atoms with Gasteiger partial charge in [-0.3, -0.25) is 9.80 Å². The summed E-state index contributed by atoms with van der Waals surface area (Å²) in [5.74, 6) is 1.24. The van der Waals surface area contributed by atoms with E-state index in [1.54, 1.807) is 72.0 Å². The third kappa shape index (κ3) is 13.9. The summed E-state index contributed by atoms with van der Waals surface area (Å²) in [5.41, 5.74) is 7.54. The number of phenolic OH excluding ortho intramolecular Hbond substituents is 2. The molecule has 0 atom stereocenters. The molecule has 0 aromatic heterocycles. The lowest BCUT2D eigenvalue weighted by Gasteiger charge is -2.28. The molecule has 356 valence electrons. The Labute approximate surface area is 396 Å². The number of benzene rings is 4. The zero-order valence-electron chi connectivity index (χ0n) is 37.0. The maximum atomic E-state index is 12.6. The van der Waals surface area contributed by atoms with Crippen molar-refractivity contribution in [2.75, 3.05) is 93.0 Å². The van der Waals surface area contributed by atoms with Crippen LogP contribution in [-0.4, -0.2) is 158 Å². The van der Waals surface area contributed by atoms with Crippen molar-refractivity contribution in [3.63, 3.8) is 0 Å².